The Hall–Kier alpha value is -4.21. The summed E-state index contributed by atoms with van der Waals surface area (Å²) in [5.74, 6) is 1.77. The van der Waals surface area contributed by atoms with Crippen LogP contribution < -0.4 is 5.32 Å². The van der Waals surface area contributed by atoms with E-state index in [1.165, 1.54) is 18.9 Å². The maximum atomic E-state index is 13.9. The standard InChI is InChI=1S/C26H24F2N8/c1-15-3-9-23(33-32-15)30-18-6-8-22-21(11-18)29-14-36(22)24-10-7-19(26(27)28)25(31-24)20-13-35(34-16(20)2)12-17-4-5-17/h3,6-11,13-14,17,26H,4-5,12H2,1-2H3,(H,30,33). The highest BCUT2D eigenvalue weighted by atomic mass is 19.3. The van der Waals surface area contributed by atoms with E-state index in [0.717, 1.165) is 29.0 Å². The molecule has 0 amide bonds. The van der Waals surface area contributed by atoms with Crippen LogP contribution in [-0.2, 0) is 6.54 Å². The zero-order chi connectivity index (χ0) is 24.8. The van der Waals surface area contributed by atoms with Crippen molar-refractivity contribution >= 4 is 22.5 Å². The molecule has 6 rings (SSSR count). The van der Waals surface area contributed by atoms with Crippen molar-refractivity contribution in [1.29, 1.82) is 0 Å². The van der Waals surface area contributed by atoms with Gasteiger partial charge in [0.15, 0.2) is 5.82 Å². The van der Waals surface area contributed by atoms with Crippen LogP contribution in [0.25, 0.3) is 28.1 Å². The lowest BCUT2D eigenvalue weighted by molar-refractivity contribution is 0.151. The zero-order valence-electron chi connectivity index (χ0n) is 19.9. The highest BCUT2D eigenvalue weighted by Gasteiger charge is 2.24. The van der Waals surface area contributed by atoms with Crippen molar-refractivity contribution in [2.24, 2.45) is 5.92 Å². The average Bonchev–Trinajstić information content (AvgIpc) is 3.46. The van der Waals surface area contributed by atoms with E-state index in [1.807, 2.05) is 55.1 Å². The molecule has 8 nitrogen and oxygen atoms in total. The minimum Gasteiger partial charge on any atom is -0.339 e. The minimum atomic E-state index is -2.65. The summed E-state index contributed by atoms with van der Waals surface area (Å²) in [6.45, 7) is 4.52. The van der Waals surface area contributed by atoms with Crippen LogP contribution in [0.5, 0.6) is 0 Å². The number of fused-ring (bicyclic) bond motifs is 1. The second-order valence-corrected chi connectivity index (χ2v) is 9.20. The number of halogens is 2. The van der Waals surface area contributed by atoms with Crippen LogP contribution in [0.1, 0.15) is 36.2 Å². The number of alkyl halides is 2. The van der Waals surface area contributed by atoms with Gasteiger partial charge in [0.25, 0.3) is 6.43 Å². The predicted molar refractivity (Wildman–Crippen MR) is 133 cm³/mol. The number of hydrogen-bond acceptors (Lipinski definition) is 6. The molecule has 0 unspecified atom stereocenters. The molecule has 1 aliphatic rings. The Bertz CT molecular complexity index is 1550. The number of aromatic nitrogens is 7. The van der Waals surface area contributed by atoms with Crippen molar-refractivity contribution < 1.29 is 8.78 Å². The molecule has 1 aromatic carbocycles. The highest BCUT2D eigenvalue weighted by molar-refractivity contribution is 5.82. The molecule has 1 saturated carbocycles. The van der Waals surface area contributed by atoms with Crippen molar-refractivity contribution in [2.45, 2.75) is 39.7 Å². The Morgan fingerprint density at radius 1 is 1.06 bits per heavy atom. The summed E-state index contributed by atoms with van der Waals surface area (Å²) in [5.41, 5.74) is 4.64. The van der Waals surface area contributed by atoms with E-state index in [-0.39, 0.29) is 11.3 Å². The van der Waals surface area contributed by atoms with Gasteiger partial charge in [-0.25, -0.2) is 18.7 Å². The van der Waals surface area contributed by atoms with E-state index in [1.54, 1.807) is 17.0 Å². The van der Waals surface area contributed by atoms with E-state index in [4.69, 9.17) is 0 Å². The number of imidazole rings is 1. The molecular formula is C26H24F2N8. The Labute approximate surface area is 206 Å². The van der Waals surface area contributed by atoms with Crippen LogP contribution in [0, 0.1) is 19.8 Å². The Balaban J connectivity index is 1.36. The first kappa shape index (κ1) is 22.3. The summed E-state index contributed by atoms with van der Waals surface area (Å²) in [6.07, 6.45) is 3.22. The molecule has 4 aromatic heterocycles. The van der Waals surface area contributed by atoms with Gasteiger partial charge in [0.2, 0.25) is 0 Å². The second kappa shape index (κ2) is 8.78. The monoisotopic (exact) mass is 486 g/mol. The molecule has 0 radical (unpaired) electrons. The molecule has 0 aliphatic heterocycles. The fourth-order valence-corrected chi connectivity index (χ4v) is 4.28. The molecular weight excluding hydrogens is 462 g/mol. The van der Waals surface area contributed by atoms with Gasteiger partial charge in [-0.15, -0.1) is 5.10 Å². The van der Waals surface area contributed by atoms with Crippen LogP contribution in [0.3, 0.4) is 0 Å². The predicted octanol–water partition coefficient (Wildman–Crippen LogP) is 5.78. The number of nitrogens with zero attached hydrogens (tertiary/aromatic N) is 7. The fourth-order valence-electron chi connectivity index (χ4n) is 4.28. The lowest BCUT2D eigenvalue weighted by Crippen LogP contribution is -2.02. The maximum Gasteiger partial charge on any atom is 0.265 e. The fraction of sp³-hybridized carbons (Fsp3) is 0.269. The lowest BCUT2D eigenvalue weighted by Gasteiger charge is -2.11. The first-order valence-corrected chi connectivity index (χ1v) is 11.8. The quantitative estimate of drug-likeness (QED) is 0.314. The van der Waals surface area contributed by atoms with E-state index in [9.17, 15) is 8.78 Å². The third-order valence-corrected chi connectivity index (χ3v) is 6.35. The van der Waals surface area contributed by atoms with Crippen molar-refractivity contribution in [2.75, 3.05) is 5.32 Å². The van der Waals surface area contributed by atoms with Gasteiger partial charge in [0, 0.05) is 29.6 Å². The molecule has 182 valence electrons. The summed E-state index contributed by atoms with van der Waals surface area (Å²) in [4.78, 5) is 9.19. The number of aryl methyl sites for hydroxylation is 2. The third kappa shape index (κ3) is 4.30. The van der Waals surface area contributed by atoms with Crippen molar-refractivity contribution in [3.05, 3.63) is 71.9 Å². The second-order valence-electron chi connectivity index (χ2n) is 9.20. The molecule has 0 saturated heterocycles. The number of hydrogen-bond donors (Lipinski definition) is 1. The summed E-state index contributed by atoms with van der Waals surface area (Å²) in [5, 5.41) is 16.0. The molecule has 10 heteroatoms. The minimum absolute atomic E-state index is 0.108. The van der Waals surface area contributed by atoms with Gasteiger partial charge < -0.3 is 5.32 Å². The van der Waals surface area contributed by atoms with Crippen LogP contribution >= 0.6 is 0 Å². The summed E-state index contributed by atoms with van der Waals surface area (Å²) >= 11 is 0. The van der Waals surface area contributed by atoms with E-state index >= 15 is 0 Å². The lowest BCUT2D eigenvalue weighted by atomic mass is 10.1. The first-order chi connectivity index (χ1) is 17.4. The summed E-state index contributed by atoms with van der Waals surface area (Å²) in [7, 11) is 0. The van der Waals surface area contributed by atoms with Gasteiger partial charge in [-0.05, 0) is 75.1 Å². The van der Waals surface area contributed by atoms with Gasteiger partial charge in [-0.1, -0.05) is 0 Å². The van der Waals surface area contributed by atoms with Crippen molar-refractivity contribution in [3.8, 4) is 17.1 Å². The van der Waals surface area contributed by atoms with Crippen LogP contribution in [0.2, 0.25) is 0 Å². The smallest absolute Gasteiger partial charge is 0.265 e. The van der Waals surface area contributed by atoms with E-state index in [2.05, 4.69) is 30.6 Å². The van der Waals surface area contributed by atoms with Gasteiger partial charge >= 0.3 is 0 Å². The molecule has 5 aromatic rings. The van der Waals surface area contributed by atoms with Gasteiger partial charge in [0.1, 0.15) is 12.1 Å². The Morgan fingerprint density at radius 2 is 1.92 bits per heavy atom. The normalized spacial score (nSPS) is 13.6. The highest BCUT2D eigenvalue weighted by Crippen LogP contribution is 2.35. The van der Waals surface area contributed by atoms with Crippen LogP contribution in [0.15, 0.2) is 55.0 Å². The molecule has 36 heavy (non-hydrogen) atoms. The van der Waals surface area contributed by atoms with Gasteiger partial charge in [0.05, 0.1) is 28.1 Å². The number of anilines is 2. The Kier molecular flexibility index (Phi) is 5.43. The molecule has 0 bridgehead atoms. The largest absolute Gasteiger partial charge is 0.339 e. The maximum absolute atomic E-state index is 13.9. The summed E-state index contributed by atoms with van der Waals surface area (Å²) in [6, 6.07) is 12.5. The molecule has 1 N–H and O–H groups in total. The Morgan fingerprint density at radius 3 is 2.67 bits per heavy atom. The van der Waals surface area contributed by atoms with Gasteiger partial charge in [-0.2, -0.15) is 10.2 Å². The molecule has 4 heterocycles. The van der Waals surface area contributed by atoms with Crippen LogP contribution in [-0.4, -0.2) is 34.5 Å². The number of nitrogens with one attached hydrogen (secondary N) is 1. The molecule has 1 fully saturated rings. The van der Waals surface area contributed by atoms with Crippen molar-refractivity contribution in [1.82, 2.24) is 34.5 Å². The SMILES string of the molecule is Cc1ccc(Nc2ccc3c(c2)ncn3-c2ccc(C(F)F)c(-c3cn(CC4CC4)nc3C)n2)nn1. The molecule has 1 aliphatic carbocycles. The van der Waals surface area contributed by atoms with Gasteiger partial charge in [-0.3, -0.25) is 9.25 Å². The molecule has 0 atom stereocenters. The van der Waals surface area contributed by atoms with E-state index in [0.29, 0.717) is 28.8 Å². The number of rotatable bonds is 7. The number of pyridine rings is 1. The first-order valence-electron chi connectivity index (χ1n) is 11.8. The van der Waals surface area contributed by atoms with Crippen LogP contribution in [0.4, 0.5) is 20.3 Å². The summed E-state index contributed by atoms with van der Waals surface area (Å²) < 4.78 is 31.5. The number of benzene rings is 1. The van der Waals surface area contributed by atoms with E-state index < -0.39 is 6.43 Å². The van der Waals surface area contributed by atoms with Crippen molar-refractivity contribution in [3.63, 3.8) is 0 Å². The third-order valence-electron chi connectivity index (χ3n) is 6.35. The zero-order valence-corrected chi connectivity index (χ0v) is 19.9. The molecule has 0 spiro atoms. The average molecular weight is 487 g/mol. The topological polar surface area (TPSA) is 86.3 Å².